The van der Waals surface area contributed by atoms with Crippen LogP contribution < -0.4 is 4.74 Å². The van der Waals surface area contributed by atoms with Crippen LogP contribution in [-0.2, 0) is 0 Å². The van der Waals surface area contributed by atoms with E-state index < -0.39 is 29.6 Å². The zero-order valence-electron chi connectivity index (χ0n) is 12.9. The summed E-state index contributed by atoms with van der Waals surface area (Å²) in [7, 11) is 0. The Bertz CT molecular complexity index is 813. The van der Waals surface area contributed by atoms with Gasteiger partial charge in [-0.2, -0.15) is 5.26 Å². The van der Waals surface area contributed by atoms with Crippen molar-refractivity contribution < 1.29 is 24.4 Å². The van der Waals surface area contributed by atoms with E-state index in [-0.39, 0.29) is 11.3 Å². The lowest BCUT2D eigenvalue weighted by atomic mass is 10.0. The standard InChI is InChI=1S/C17H15FN2O4S/c18-13-2-1-9(3-10(13)5-19)11-4-12(7-20-6-11)24-17-16(23)15(22)14(21)8-25-17/h1-4,6-7,14-17,21-23H,8H2/t14-,15+,16-,17+/m1/s1. The van der Waals surface area contributed by atoms with E-state index in [0.717, 1.165) is 0 Å². The molecule has 3 N–H and O–H groups in total. The Morgan fingerprint density at radius 2 is 1.96 bits per heavy atom. The second-order valence-corrected chi connectivity index (χ2v) is 6.72. The topological polar surface area (TPSA) is 107 Å². The number of thioether (sulfide) groups is 1. The Labute approximate surface area is 147 Å². The Morgan fingerprint density at radius 1 is 1.16 bits per heavy atom. The molecule has 1 aromatic carbocycles. The van der Waals surface area contributed by atoms with Gasteiger partial charge in [-0.1, -0.05) is 6.07 Å². The summed E-state index contributed by atoms with van der Waals surface area (Å²) in [5, 5.41) is 38.2. The minimum atomic E-state index is -1.28. The molecule has 1 saturated heterocycles. The van der Waals surface area contributed by atoms with Crippen molar-refractivity contribution >= 4 is 11.8 Å². The van der Waals surface area contributed by atoms with E-state index in [9.17, 15) is 19.7 Å². The molecular weight excluding hydrogens is 347 g/mol. The molecule has 2 heterocycles. The first-order valence-corrected chi connectivity index (χ1v) is 8.52. The minimum Gasteiger partial charge on any atom is -0.475 e. The van der Waals surface area contributed by atoms with Crippen LogP contribution >= 0.6 is 11.8 Å². The molecule has 1 aromatic heterocycles. The van der Waals surface area contributed by atoms with Crippen LogP contribution in [0.25, 0.3) is 11.1 Å². The summed E-state index contributed by atoms with van der Waals surface area (Å²) < 4.78 is 19.1. The zero-order chi connectivity index (χ0) is 18.0. The van der Waals surface area contributed by atoms with E-state index in [2.05, 4.69) is 4.98 Å². The zero-order valence-corrected chi connectivity index (χ0v) is 13.7. The highest BCUT2D eigenvalue weighted by molar-refractivity contribution is 7.99. The fraction of sp³-hybridized carbons (Fsp3) is 0.294. The summed E-state index contributed by atoms with van der Waals surface area (Å²) in [5.74, 6) is -0.0131. The third-order valence-electron chi connectivity index (χ3n) is 3.84. The molecule has 4 atom stereocenters. The van der Waals surface area contributed by atoms with E-state index in [0.29, 0.717) is 16.9 Å². The van der Waals surface area contributed by atoms with Gasteiger partial charge in [-0.05, 0) is 23.8 Å². The smallest absolute Gasteiger partial charge is 0.173 e. The van der Waals surface area contributed by atoms with Gasteiger partial charge in [0.25, 0.3) is 0 Å². The second kappa shape index (κ2) is 7.37. The molecule has 1 aliphatic rings. The maximum absolute atomic E-state index is 13.4. The van der Waals surface area contributed by atoms with E-state index in [1.165, 1.54) is 36.2 Å². The van der Waals surface area contributed by atoms with E-state index in [4.69, 9.17) is 10.00 Å². The van der Waals surface area contributed by atoms with Gasteiger partial charge in [0.05, 0.1) is 17.9 Å². The van der Waals surface area contributed by atoms with Gasteiger partial charge in [0.1, 0.15) is 29.8 Å². The summed E-state index contributed by atoms with van der Waals surface area (Å²) in [5.41, 5.74) is 0.394. The SMILES string of the molecule is N#Cc1cc(-c2cncc(O[C@H]3SC[C@@H](O)[C@H](O)[C@H]3O)c2)ccc1F. The number of aliphatic hydroxyl groups is 3. The van der Waals surface area contributed by atoms with Crippen molar-refractivity contribution in [2.24, 2.45) is 0 Å². The highest BCUT2D eigenvalue weighted by atomic mass is 32.2. The van der Waals surface area contributed by atoms with Crippen molar-refractivity contribution in [1.82, 2.24) is 4.98 Å². The van der Waals surface area contributed by atoms with E-state index in [1.54, 1.807) is 18.3 Å². The molecule has 0 radical (unpaired) electrons. The Hall–Kier alpha value is -2.18. The Kier molecular flexibility index (Phi) is 5.20. The maximum Gasteiger partial charge on any atom is 0.173 e. The van der Waals surface area contributed by atoms with Crippen LogP contribution in [0.1, 0.15) is 5.56 Å². The normalized spacial score (nSPS) is 26.0. The predicted octanol–water partition coefficient (Wildman–Crippen LogP) is 1.29. The minimum absolute atomic E-state index is 0.0702. The number of nitrogens with zero attached hydrogens (tertiary/aromatic N) is 2. The second-order valence-electron chi connectivity index (χ2n) is 5.58. The van der Waals surface area contributed by atoms with Gasteiger partial charge in [-0.3, -0.25) is 4.98 Å². The fourth-order valence-electron chi connectivity index (χ4n) is 2.45. The molecule has 8 heteroatoms. The van der Waals surface area contributed by atoms with Crippen molar-refractivity contribution in [1.29, 1.82) is 5.26 Å². The van der Waals surface area contributed by atoms with Gasteiger partial charge in [-0.25, -0.2) is 4.39 Å². The first kappa shape index (κ1) is 17.6. The average Bonchev–Trinajstić information content (AvgIpc) is 2.63. The van der Waals surface area contributed by atoms with Crippen molar-refractivity contribution in [3.8, 4) is 22.9 Å². The number of hydrogen-bond acceptors (Lipinski definition) is 7. The number of pyridine rings is 1. The molecule has 0 amide bonds. The van der Waals surface area contributed by atoms with E-state index >= 15 is 0 Å². The molecule has 130 valence electrons. The van der Waals surface area contributed by atoms with Crippen LogP contribution in [0.3, 0.4) is 0 Å². The van der Waals surface area contributed by atoms with Gasteiger partial charge in [-0.15, -0.1) is 11.8 Å². The molecule has 1 fully saturated rings. The lowest BCUT2D eigenvalue weighted by molar-refractivity contribution is -0.0786. The largest absolute Gasteiger partial charge is 0.475 e. The average molecular weight is 362 g/mol. The number of halogens is 1. The number of aliphatic hydroxyl groups excluding tert-OH is 3. The lowest BCUT2D eigenvalue weighted by Gasteiger charge is -2.34. The molecule has 0 unspecified atom stereocenters. The molecule has 0 spiro atoms. The van der Waals surface area contributed by atoms with Crippen LogP contribution in [-0.4, -0.2) is 49.8 Å². The van der Waals surface area contributed by atoms with Gasteiger partial charge >= 0.3 is 0 Å². The molecular formula is C17H15FN2O4S. The molecule has 0 aliphatic carbocycles. The third-order valence-corrected chi connectivity index (χ3v) is 5.08. The number of benzene rings is 1. The molecule has 6 nitrogen and oxygen atoms in total. The fourth-order valence-corrected chi connectivity index (χ4v) is 3.57. The summed E-state index contributed by atoms with van der Waals surface area (Å²) >= 11 is 1.19. The number of rotatable bonds is 3. The monoisotopic (exact) mass is 362 g/mol. The van der Waals surface area contributed by atoms with Crippen molar-refractivity contribution in [2.75, 3.05) is 5.75 Å². The molecule has 0 bridgehead atoms. The Morgan fingerprint density at radius 3 is 2.72 bits per heavy atom. The molecule has 2 aromatic rings. The highest BCUT2D eigenvalue weighted by Crippen LogP contribution is 2.31. The van der Waals surface area contributed by atoms with Crippen LogP contribution in [0.5, 0.6) is 5.75 Å². The van der Waals surface area contributed by atoms with Crippen LogP contribution in [0, 0.1) is 17.1 Å². The maximum atomic E-state index is 13.4. The molecule has 1 aliphatic heterocycles. The summed E-state index contributed by atoms with van der Waals surface area (Å²) in [6, 6.07) is 7.59. The number of nitriles is 1. The molecule has 25 heavy (non-hydrogen) atoms. The first-order chi connectivity index (χ1) is 12.0. The van der Waals surface area contributed by atoms with Crippen molar-refractivity contribution in [2.45, 2.75) is 23.7 Å². The summed E-state index contributed by atoms with van der Waals surface area (Å²) in [6.45, 7) is 0. The summed E-state index contributed by atoms with van der Waals surface area (Å²) in [6.07, 6.45) is -0.535. The van der Waals surface area contributed by atoms with Gasteiger partial charge in [0.15, 0.2) is 5.44 Å². The quantitative estimate of drug-likeness (QED) is 0.755. The highest BCUT2D eigenvalue weighted by Gasteiger charge is 2.38. The van der Waals surface area contributed by atoms with Crippen molar-refractivity contribution in [3.05, 3.63) is 48.0 Å². The number of hydrogen-bond donors (Lipinski definition) is 3. The van der Waals surface area contributed by atoms with E-state index in [1.807, 2.05) is 0 Å². The first-order valence-electron chi connectivity index (χ1n) is 7.47. The molecule has 0 saturated carbocycles. The lowest BCUT2D eigenvalue weighted by Crippen LogP contribution is -2.50. The van der Waals surface area contributed by atoms with Gasteiger partial charge in [0, 0.05) is 17.5 Å². The number of ether oxygens (including phenoxy) is 1. The van der Waals surface area contributed by atoms with Crippen LogP contribution in [0.15, 0.2) is 36.7 Å². The molecule has 3 rings (SSSR count). The predicted molar refractivity (Wildman–Crippen MR) is 89.2 cm³/mol. The number of aromatic nitrogens is 1. The summed E-state index contributed by atoms with van der Waals surface area (Å²) in [4.78, 5) is 4.06. The third kappa shape index (κ3) is 3.75. The van der Waals surface area contributed by atoms with Crippen LogP contribution in [0.2, 0.25) is 0 Å². The van der Waals surface area contributed by atoms with Gasteiger partial charge in [0.2, 0.25) is 0 Å². The Balaban J connectivity index is 1.82. The van der Waals surface area contributed by atoms with Crippen LogP contribution in [0.4, 0.5) is 4.39 Å². The van der Waals surface area contributed by atoms with Crippen molar-refractivity contribution in [3.63, 3.8) is 0 Å². The van der Waals surface area contributed by atoms with Gasteiger partial charge < -0.3 is 20.1 Å².